The van der Waals surface area contributed by atoms with Crippen molar-refractivity contribution in [2.75, 3.05) is 40.3 Å². The minimum absolute atomic E-state index is 0.635. The number of quaternary nitrogens is 2. The van der Waals surface area contributed by atoms with Crippen LogP contribution < -0.4 is 0 Å². The van der Waals surface area contributed by atoms with Crippen molar-refractivity contribution in [1.29, 1.82) is 0 Å². The maximum absolute atomic E-state index is 3.95. The molecule has 0 amide bonds. The molecule has 32 heavy (non-hydrogen) atoms. The first-order valence-corrected chi connectivity index (χ1v) is 16.1. The first kappa shape index (κ1) is 32.9. The lowest BCUT2D eigenvalue weighted by atomic mass is 10.0. The van der Waals surface area contributed by atoms with Gasteiger partial charge in [0.1, 0.15) is 9.90 Å². The number of rotatable bonds is 23. The lowest BCUT2D eigenvalue weighted by Crippen LogP contribution is -2.49. The van der Waals surface area contributed by atoms with E-state index < -0.39 is 0 Å². The van der Waals surface area contributed by atoms with Crippen molar-refractivity contribution in [3.05, 3.63) is 0 Å². The van der Waals surface area contributed by atoms with Crippen LogP contribution in [0.5, 0.6) is 0 Å². The molecule has 194 valence electrons. The molecule has 2 unspecified atom stereocenters. The zero-order valence-corrected chi connectivity index (χ0v) is 26.1. The largest absolute Gasteiger partial charge is 0.315 e. The molecule has 0 rings (SSSR count). The molecule has 0 aromatic rings. The summed E-state index contributed by atoms with van der Waals surface area (Å²) in [5.74, 6) is 0. The van der Waals surface area contributed by atoms with Gasteiger partial charge in [0.2, 0.25) is 0 Å². The lowest BCUT2D eigenvalue weighted by molar-refractivity contribution is -0.914. The molecule has 0 aliphatic carbocycles. The van der Waals surface area contributed by atoms with E-state index in [4.69, 9.17) is 0 Å². The molecule has 2 atom stereocenters. The third-order valence-corrected chi connectivity index (χ3v) is 11.3. The molecule has 0 aliphatic heterocycles. The molecular weight excluding hydrogens is 524 g/mol. The Morgan fingerprint density at radius 2 is 0.594 bits per heavy atom. The molecule has 0 aromatic heterocycles. The van der Waals surface area contributed by atoms with Crippen LogP contribution in [0.3, 0.4) is 0 Å². The summed E-state index contributed by atoms with van der Waals surface area (Å²) in [6.45, 7) is 14.1. The molecule has 0 aliphatic rings. The Bertz CT molecular complexity index is 370. The van der Waals surface area contributed by atoms with Crippen LogP contribution in [0, 0.1) is 0 Å². The summed E-state index contributed by atoms with van der Waals surface area (Å²) >= 11 is 7.90. The second-order valence-corrected chi connectivity index (χ2v) is 12.7. The Morgan fingerprint density at radius 1 is 0.406 bits per heavy atom. The molecule has 0 saturated heterocycles. The summed E-state index contributed by atoms with van der Waals surface area (Å²) in [6, 6.07) is 0. The highest BCUT2D eigenvalue weighted by molar-refractivity contribution is 9.09. The van der Waals surface area contributed by atoms with E-state index in [0.717, 1.165) is 8.97 Å². The molecule has 4 heteroatoms. The molecule has 0 bridgehead atoms. The van der Waals surface area contributed by atoms with Gasteiger partial charge in [-0.2, -0.15) is 0 Å². The van der Waals surface area contributed by atoms with E-state index in [1.54, 1.807) is 0 Å². The van der Waals surface area contributed by atoms with E-state index >= 15 is 0 Å². The molecule has 2 nitrogen and oxygen atoms in total. The van der Waals surface area contributed by atoms with Crippen LogP contribution in [-0.2, 0) is 0 Å². The Balaban J connectivity index is 3.40. The summed E-state index contributed by atoms with van der Waals surface area (Å²) in [6.07, 6.45) is 22.8. The first-order chi connectivity index (χ1) is 15.3. The molecule has 0 fully saturated rings. The highest BCUT2D eigenvalue weighted by atomic mass is 79.9. The Morgan fingerprint density at radius 3 is 0.781 bits per heavy atom. The van der Waals surface area contributed by atoms with Crippen LogP contribution in [0.2, 0.25) is 0 Å². The van der Waals surface area contributed by atoms with Crippen LogP contribution in [-0.4, -0.2) is 59.1 Å². The predicted octanol–water partition coefficient (Wildman–Crippen LogP) is 9.64. The van der Waals surface area contributed by atoms with E-state index in [-0.39, 0.29) is 0 Å². The third kappa shape index (κ3) is 14.3. The van der Waals surface area contributed by atoms with Gasteiger partial charge >= 0.3 is 0 Å². The normalized spacial score (nSPS) is 14.6. The molecular formula is C28H60Br2N2+2. The van der Waals surface area contributed by atoms with Gasteiger partial charge in [-0.1, -0.05) is 77.0 Å². The van der Waals surface area contributed by atoms with Gasteiger partial charge < -0.3 is 8.97 Å². The van der Waals surface area contributed by atoms with Gasteiger partial charge in [-0.25, -0.2) is 0 Å². The van der Waals surface area contributed by atoms with Gasteiger partial charge in [0, 0.05) is 12.8 Å². The van der Waals surface area contributed by atoms with Crippen LogP contribution in [0.15, 0.2) is 0 Å². The Labute approximate surface area is 220 Å². The molecule has 0 saturated carbocycles. The standard InChI is InChI=1S/C28H60Br2N2/c1-7-31(5,8-2)27(29)25-23-21-19-17-15-13-11-12-14-16-18-20-22-24-26-28(30)32(6,9-3)10-4/h27-28H,7-26H2,1-6H3/q+2. The average Bonchev–Trinajstić information content (AvgIpc) is 2.82. The summed E-state index contributed by atoms with van der Waals surface area (Å²) in [5.41, 5.74) is 0. The zero-order valence-electron chi connectivity index (χ0n) is 22.9. The molecule has 0 N–H and O–H groups in total. The van der Waals surface area contributed by atoms with E-state index in [1.165, 1.54) is 129 Å². The topological polar surface area (TPSA) is 0 Å². The third-order valence-electron chi connectivity index (χ3n) is 8.38. The number of nitrogens with zero attached hydrogens (tertiary/aromatic N) is 2. The number of hydrogen-bond donors (Lipinski definition) is 0. The maximum atomic E-state index is 3.95. The Hall–Kier alpha value is 0.880. The first-order valence-electron chi connectivity index (χ1n) is 14.3. The number of halogens is 2. The fourth-order valence-electron chi connectivity index (χ4n) is 4.61. The van der Waals surface area contributed by atoms with Crippen LogP contribution in [0.25, 0.3) is 0 Å². The average molecular weight is 585 g/mol. The van der Waals surface area contributed by atoms with Gasteiger partial charge in [0.15, 0.2) is 0 Å². The second kappa shape index (κ2) is 20.1. The monoisotopic (exact) mass is 582 g/mol. The highest BCUT2D eigenvalue weighted by Gasteiger charge is 2.26. The van der Waals surface area contributed by atoms with Crippen molar-refractivity contribution in [1.82, 2.24) is 0 Å². The summed E-state index contributed by atoms with van der Waals surface area (Å²) in [4.78, 5) is 1.27. The predicted molar refractivity (Wildman–Crippen MR) is 154 cm³/mol. The summed E-state index contributed by atoms with van der Waals surface area (Å²) in [7, 11) is 4.77. The lowest BCUT2D eigenvalue weighted by Gasteiger charge is -2.37. The zero-order chi connectivity index (χ0) is 24.3. The summed E-state index contributed by atoms with van der Waals surface area (Å²) < 4.78 is 2.32. The SMILES string of the molecule is CC[N+](C)(CC)C(Br)CCCCCCCCCCCCCCCCC(Br)[N+](C)(CC)CC. The van der Waals surface area contributed by atoms with Gasteiger partial charge in [0.05, 0.1) is 40.3 Å². The smallest absolute Gasteiger partial charge is 0.144 e. The molecule has 0 spiro atoms. The fourth-order valence-corrected chi connectivity index (χ4v) is 6.42. The fraction of sp³-hybridized carbons (Fsp3) is 1.00. The Kier molecular flexibility index (Phi) is 20.7. The quantitative estimate of drug-likeness (QED) is 0.0486. The van der Waals surface area contributed by atoms with Gasteiger partial charge in [0.25, 0.3) is 0 Å². The maximum Gasteiger partial charge on any atom is 0.144 e. The highest BCUT2D eigenvalue weighted by Crippen LogP contribution is 2.23. The molecule has 0 aromatic carbocycles. The minimum atomic E-state index is 0.635. The van der Waals surface area contributed by atoms with E-state index in [0.29, 0.717) is 9.90 Å². The molecule has 0 radical (unpaired) electrons. The van der Waals surface area contributed by atoms with E-state index in [2.05, 4.69) is 73.7 Å². The van der Waals surface area contributed by atoms with E-state index in [9.17, 15) is 0 Å². The van der Waals surface area contributed by atoms with Crippen molar-refractivity contribution in [2.24, 2.45) is 0 Å². The molecule has 0 heterocycles. The van der Waals surface area contributed by atoms with Crippen molar-refractivity contribution in [3.8, 4) is 0 Å². The van der Waals surface area contributed by atoms with Gasteiger partial charge in [-0.05, 0) is 72.4 Å². The minimum Gasteiger partial charge on any atom is -0.315 e. The van der Waals surface area contributed by atoms with Crippen LogP contribution in [0.4, 0.5) is 0 Å². The summed E-state index contributed by atoms with van der Waals surface area (Å²) in [5, 5.41) is 0. The van der Waals surface area contributed by atoms with Crippen molar-refractivity contribution >= 4 is 31.9 Å². The number of hydrogen-bond acceptors (Lipinski definition) is 0. The van der Waals surface area contributed by atoms with E-state index in [1.807, 2.05) is 0 Å². The van der Waals surface area contributed by atoms with Gasteiger partial charge in [-0.15, -0.1) is 0 Å². The van der Waals surface area contributed by atoms with Crippen LogP contribution >= 0.6 is 31.9 Å². The van der Waals surface area contributed by atoms with Crippen molar-refractivity contribution in [2.45, 2.75) is 140 Å². The van der Waals surface area contributed by atoms with Crippen molar-refractivity contribution < 1.29 is 8.97 Å². The number of unbranched alkanes of at least 4 members (excludes halogenated alkanes) is 13. The van der Waals surface area contributed by atoms with Gasteiger partial charge in [-0.3, -0.25) is 0 Å². The number of alkyl halides is 2. The van der Waals surface area contributed by atoms with Crippen molar-refractivity contribution in [3.63, 3.8) is 0 Å². The van der Waals surface area contributed by atoms with Crippen LogP contribution in [0.1, 0.15) is 130 Å². The second-order valence-electron chi connectivity index (χ2n) is 10.6.